The molecule has 0 aliphatic heterocycles. The first-order chi connectivity index (χ1) is 12.6. The Hall–Kier alpha value is -1.65. The summed E-state index contributed by atoms with van der Waals surface area (Å²) in [7, 11) is 1.73. The van der Waals surface area contributed by atoms with Crippen molar-refractivity contribution in [3.8, 4) is 0 Å². The van der Waals surface area contributed by atoms with E-state index < -0.39 is 0 Å². The van der Waals surface area contributed by atoms with Gasteiger partial charge in [0.1, 0.15) is 0 Å². The average molecular weight is 375 g/mol. The Bertz CT molecular complexity index is 809. The van der Waals surface area contributed by atoms with Crippen LogP contribution in [0.3, 0.4) is 0 Å². The van der Waals surface area contributed by atoms with Gasteiger partial charge in [0.05, 0.1) is 28.1 Å². The SMILES string of the molecule is CC.COC1CCc2c(C)nn(C(=O)c3c(Cl)cccc3C3CC3)c2C1. The van der Waals surface area contributed by atoms with E-state index in [1.807, 2.05) is 32.9 Å². The van der Waals surface area contributed by atoms with Gasteiger partial charge >= 0.3 is 0 Å². The summed E-state index contributed by atoms with van der Waals surface area (Å²) in [6, 6.07) is 5.75. The molecule has 2 aromatic rings. The zero-order valence-corrected chi connectivity index (χ0v) is 16.8. The number of benzene rings is 1. The second-order valence-corrected chi connectivity index (χ2v) is 7.21. The van der Waals surface area contributed by atoms with Crippen LogP contribution in [0.2, 0.25) is 5.02 Å². The highest BCUT2D eigenvalue weighted by Crippen LogP contribution is 2.43. The van der Waals surface area contributed by atoms with E-state index in [4.69, 9.17) is 16.3 Å². The van der Waals surface area contributed by atoms with Crippen molar-refractivity contribution < 1.29 is 9.53 Å². The first kappa shape index (κ1) is 19.1. The van der Waals surface area contributed by atoms with E-state index in [2.05, 4.69) is 5.10 Å². The van der Waals surface area contributed by atoms with Gasteiger partial charge in [0.15, 0.2) is 0 Å². The van der Waals surface area contributed by atoms with E-state index in [0.29, 0.717) is 16.5 Å². The lowest BCUT2D eigenvalue weighted by Gasteiger charge is -2.22. The van der Waals surface area contributed by atoms with Crippen molar-refractivity contribution in [3.63, 3.8) is 0 Å². The third kappa shape index (κ3) is 3.45. The molecule has 5 heteroatoms. The Morgan fingerprint density at radius 2 is 2.00 bits per heavy atom. The molecule has 1 atom stereocenters. The first-order valence-corrected chi connectivity index (χ1v) is 9.91. The smallest absolute Gasteiger partial charge is 0.280 e. The number of methoxy groups -OCH3 is 1. The monoisotopic (exact) mass is 374 g/mol. The Kier molecular flexibility index (Phi) is 5.83. The molecule has 1 aromatic heterocycles. The second kappa shape index (κ2) is 7.93. The fourth-order valence-corrected chi connectivity index (χ4v) is 4.00. The Labute approximate surface area is 160 Å². The van der Waals surface area contributed by atoms with Gasteiger partial charge in [0.2, 0.25) is 0 Å². The number of hydrogen-bond donors (Lipinski definition) is 0. The van der Waals surface area contributed by atoms with Crippen molar-refractivity contribution in [3.05, 3.63) is 51.3 Å². The molecule has 26 heavy (non-hydrogen) atoms. The van der Waals surface area contributed by atoms with E-state index in [0.717, 1.165) is 49.1 Å². The lowest BCUT2D eigenvalue weighted by molar-refractivity contribution is 0.0851. The highest BCUT2D eigenvalue weighted by molar-refractivity contribution is 6.34. The molecule has 4 nitrogen and oxygen atoms in total. The standard InChI is InChI=1S/C19H21ClN2O2.C2H6/c1-11-14-9-8-13(24-2)10-17(14)22(21-11)19(23)18-15(12-6-7-12)4-3-5-16(18)20;1-2/h3-5,12-13H,6-10H2,1-2H3;1-2H3. The van der Waals surface area contributed by atoms with Gasteiger partial charge in [0.25, 0.3) is 5.91 Å². The minimum Gasteiger partial charge on any atom is -0.381 e. The summed E-state index contributed by atoms with van der Waals surface area (Å²) in [5.41, 5.74) is 4.79. The fourth-order valence-electron chi connectivity index (χ4n) is 3.74. The number of carbonyl (C=O) groups is 1. The number of fused-ring (bicyclic) bond motifs is 1. The van der Waals surface area contributed by atoms with E-state index in [1.165, 1.54) is 5.56 Å². The van der Waals surface area contributed by atoms with Gasteiger partial charge in [-0.15, -0.1) is 0 Å². The summed E-state index contributed by atoms with van der Waals surface area (Å²) in [6.45, 7) is 5.98. The highest BCUT2D eigenvalue weighted by atomic mass is 35.5. The summed E-state index contributed by atoms with van der Waals surface area (Å²) in [4.78, 5) is 13.3. The van der Waals surface area contributed by atoms with Crippen LogP contribution in [-0.2, 0) is 17.6 Å². The Morgan fingerprint density at radius 1 is 1.27 bits per heavy atom. The molecule has 0 saturated heterocycles. The molecule has 0 spiro atoms. The van der Waals surface area contributed by atoms with Gasteiger partial charge in [-0.2, -0.15) is 5.10 Å². The van der Waals surface area contributed by atoms with Crippen LogP contribution in [0.15, 0.2) is 18.2 Å². The summed E-state index contributed by atoms with van der Waals surface area (Å²) >= 11 is 6.41. The molecular weight excluding hydrogens is 348 g/mol. The molecule has 0 bridgehead atoms. The normalized spacial score (nSPS) is 18.7. The molecule has 0 amide bonds. The van der Waals surface area contributed by atoms with Gasteiger partial charge in [-0.25, -0.2) is 4.68 Å². The van der Waals surface area contributed by atoms with Crippen molar-refractivity contribution in [2.24, 2.45) is 0 Å². The number of halogens is 1. The number of carbonyl (C=O) groups excluding carboxylic acids is 1. The van der Waals surface area contributed by atoms with Crippen LogP contribution in [0, 0.1) is 6.92 Å². The van der Waals surface area contributed by atoms with Crippen molar-refractivity contribution in [2.75, 3.05) is 7.11 Å². The van der Waals surface area contributed by atoms with E-state index in [-0.39, 0.29) is 12.0 Å². The first-order valence-electron chi connectivity index (χ1n) is 9.53. The van der Waals surface area contributed by atoms with E-state index in [1.54, 1.807) is 17.9 Å². The van der Waals surface area contributed by atoms with Crippen LogP contribution in [0.5, 0.6) is 0 Å². The molecule has 0 N–H and O–H groups in total. The number of nitrogens with zero attached hydrogens (tertiary/aromatic N) is 2. The van der Waals surface area contributed by atoms with Gasteiger partial charge < -0.3 is 4.74 Å². The summed E-state index contributed by atoms with van der Waals surface area (Å²) in [5, 5.41) is 5.07. The van der Waals surface area contributed by atoms with Gasteiger partial charge in [-0.1, -0.05) is 37.6 Å². The highest BCUT2D eigenvalue weighted by Gasteiger charge is 2.33. The van der Waals surface area contributed by atoms with Crippen LogP contribution in [0.25, 0.3) is 0 Å². The number of rotatable bonds is 3. The van der Waals surface area contributed by atoms with E-state index >= 15 is 0 Å². The van der Waals surface area contributed by atoms with Crippen LogP contribution >= 0.6 is 11.6 Å². The molecule has 1 heterocycles. The van der Waals surface area contributed by atoms with Crippen LogP contribution < -0.4 is 0 Å². The van der Waals surface area contributed by atoms with Crippen molar-refractivity contribution in [1.29, 1.82) is 0 Å². The number of ether oxygens (including phenoxy) is 1. The number of aryl methyl sites for hydroxylation is 1. The van der Waals surface area contributed by atoms with Gasteiger partial charge in [-0.3, -0.25) is 4.79 Å². The summed E-state index contributed by atoms with van der Waals surface area (Å²) in [5.74, 6) is 0.352. The minimum atomic E-state index is -0.108. The lowest BCUT2D eigenvalue weighted by atomic mass is 9.93. The average Bonchev–Trinajstić information content (AvgIpc) is 3.46. The maximum atomic E-state index is 13.3. The van der Waals surface area contributed by atoms with Gasteiger partial charge in [0, 0.05) is 13.5 Å². The fraction of sp³-hybridized carbons (Fsp3) is 0.524. The Morgan fingerprint density at radius 3 is 2.65 bits per heavy atom. The topological polar surface area (TPSA) is 44.1 Å². The molecule has 0 radical (unpaired) electrons. The number of hydrogen-bond acceptors (Lipinski definition) is 3. The summed E-state index contributed by atoms with van der Waals surface area (Å²) < 4.78 is 7.09. The molecule has 1 fully saturated rings. The molecule has 2 aliphatic carbocycles. The van der Waals surface area contributed by atoms with Crippen molar-refractivity contribution in [2.45, 2.75) is 64.9 Å². The predicted octanol–water partition coefficient (Wildman–Crippen LogP) is 4.94. The molecule has 1 aromatic carbocycles. The predicted molar refractivity (Wildman–Crippen MR) is 104 cm³/mol. The van der Waals surface area contributed by atoms with Crippen LogP contribution in [0.4, 0.5) is 0 Å². The van der Waals surface area contributed by atoms with Gasteiger partial charge in [-0.05, 0) is 55.7 Å². The molecule has 1 saturated carbocycles. The minimum absolute atomic E-state index is 0.108. The third-order valence-corrected chi connectivity index (χ3v) is 5.55. The third-order valence-electron chi connectivity index (χ3n) is 5.23. The van der Waals surface area contributed by atoms with Crippen molar-refractivity contribution in [1.82, 2.24) is 9.78 Å². The van der Waals surface area contributed by atoms with Crippen LogP contribution in [0.1, 0.15) is 71.9 Å². The van der Waals surface area contributed by atoms with Crippen LogP contribution in [-0.4, -0.2) is 28.9 Å². The maximum Gasteiger partial charge on any atom is 0.280 e. The van der Waals surface area contributed by atoms with Crippen molar-refractivity contribution >= 4 is 17.5 Å². The second-order valence-electron chi connectivity index (χ2n) is 6.81. The largest absolute Gasteiger partial charge is 0.381 e. The zero-order valence-electron chi connectivity index (χ0n) is 16.0. The molecule has 140 valence electrons. The summed E-state index contributed by atoms with van der Waals surface area (Å²) in [6.07, 6.45) is 5.01. The number of aromatic nitrogens is 2. The zero-order chi connectivity index (χ0) is 18.8. The van der Waals surface area contributed by atoms with E-state index in [9.17, 15) is 4.79 Å². The quantitative estimate of drug-likeness (QED) is 0.764. The molecule has 4 rings (SSSR count). The molecule has 2 aliphatic rings. The maximum absolute atomic E-state index is 13.3. The lowest BCUT2D eigenvalue weighted by Crippen LogP contribution is -2.26. The molecular formula is C21H27ClN2O2. The molecule has 1 unspecified atom stereocenters. The Balaban J connectivity index is 0.000000948.